The van der Waals surface area contributed by atoms with Crippen molar-refractivity contribution in [2.75, 3.05) is 19.7 Å². The van der Waals surface area contributed by atoms with Crippen LogP contribution < -0.4 is 15.4 Å². The fourth-order valence-corrected chi connectivity index (χ4v) is 4.86. The molecule has 1 atom stereocenters. The van der Waals surface area contributed by atoms with E-state index in [9.17, 15) is 4.79 Å². The average Bonchev–Trinajstić information content (AvgIpc) is 3.45. The average molecular weight is 377 g/mol. The molecule has 2 aromatic carbocycles. The van der Waals surface area contributed by atoms with Gasteiger partial charge >= 0.3 is 0 Å². The van der Waals surface area contributed by atoms with Crippen LogP contribution in [0.4, 0.5) is 0 Å². The highest BCUT2D eigenvalue weighted by Crippen LogP contribution is 2.58. The minimum atomic E-state index is 0.228. The molecule has 0 bridgehead atoms. The van der Waals surface area contributed by atoms with Gasteiger partial charge in [-0.25, -0.2) is 0 Å². The summed E-state index contributed by atoms with van der Waals surface area (Å²) in [4.78, 5) is 12.5. The number of hydrogen-bond donors (Lipinski definition) is 2. The number of hydrogen-bond acceptors (Lipinski definition) is 3. The van der Waals surface area contributed by atoms with Crippen molar-refractivity contribution < 1.29 is 9.53 Å². The van der Waals surface area contributed by atoms with Crippen LogP contribution in [0.15, 0.2) is 42.5 Å². The number of nitrogens with one attached hydrogen (secondary N) is 2. The zero-order chi connectivity index (χ0) is 19.0. The van der Waals surface area contributed by atoms with E-state index < -0.39 is 0 Å². The number of carbonyl (C=O) groups excluding carboxylic acids is 1. The Balaban J connectivity index is 1.19. The molecule has 146 valence electrons. The van der Waals surface area contributed by atoms with E-state index in [1.165, 1.54) is 16.7 Å². The van der Waals surface area contributed by atoms with E-state index in [1.54, 1.807) is 0 Å². The van der Waals surface area contributed by atoms with Gasteiger partial charge in [0.15, 0.2) is 0 Å². The van der Waals surface area contributed by atoms with Crippen molar-refractivity contribution in [3.63, 3.8) is 0 Å². The Morgan fingerprint density at radius 1 is 1.11 bits per heavy atom. The van der Waals surface area contributed by atoms with Gasteiger partial charge in [-0.2, -0.15) is 0 Å². The van der Waals surface area contributed by atoms with Crippen molar-refractivity contribution in [3.8, 4) is 16.9 Å². The maximum Gasteiger partial charge on any atom is 0.223 e. The predicted octanol–water partition coefficient (Wildman–Crippen LogP) is 3.68. The number of benzene rings is 2. The van der Waals surface area contributed by atoms with Crippen LogP contribution in [-0.2, 0) is 17.8 Å². The maximum atomic E-state index is 12.5. The van der Waals surface area contributed by atoms with Gasteiger partial charge in [0.05, 0.1) is 6.61 Å². The molecule has 1 aliphatic carbocycles. The molecule has 2 heterocycles. The normalized spacial score (nSPS) is 22.2. The van der Waals surface area contributed by atoms with Gasteiger partial charge in [0, 0.05) is 12.5 Å². The molecular weight excluding hydrogens is 348 g/mol. The Morgan fingerprint density at radius 2 is 1.89 bits per heavy atom. The first-order chi connectivity index (χ1) is 13.7. The zero-order valence-electron chi connectivity index (χ0n) is 16.3. The quantitative estimate of drug-likeness (QED) is 0.856. The van der Waals surface area contributed by atoms with Crippen LogP contribution in [0.5, 0.6) is 5.75 Å². The van der Waals surface area contributed by atoms with Crippen molar-refractivity contribution in [1.29, 1.82) is 0 Å². The first-order valence-electron chi connectivity index (χ1n) is 10.6. The van der Waals surface area contributed by atoms with Crippen LogP contribution in [0.1, 0.15) is 36.8 Å². The predicted molar refractivity (Wildman–Crippen MR) is 110 cm³/mol. The Kier molecular flexibility index (Phi) is 4.59. The fourth-order valence-electron chi connectivity index (χ4n) is 4.86. The summed E-state index contributed by atoms with van der Waals surface area (Å²) in [5.74, 6) is 1.49. The van der Waals surface area contributed by atoms with Crippen LogP contribution in [0.25, 0.3) is 11.1 Å². The van der Waals surface area contributed by atoms with Crippen molar-refractivity contribution >= 4 is 5.91 Å². The molecule has 4 heteroatoms. The molecule has 28 heavy (non-hydrogen) atoms. The second-order valence-electron chi connectivity index (χ2n) is 8.56. The van der Waals surface area contributed by atoms with Crippen molar-refractivity contribution in [3.05, 3.63) is 53.6 Å². The number of carbonyl (C=O) groups is 1. The van der Waals surface area contributed by atoms with Crippen LogP contribution in [-0.4, -0.2) is 25.6 Å². The number of ether oxygens (including phenoxy) is 1. The molecule has 4 nitrogen and oxygen atoms in total. The van der Waals surface area contributed by atoms with E-state index in [4.69, 9.17) is 4.74 Å². The summed E-state index contributed by atoms with van der Waals surface area (Å²) in [5, 5.41) is 6.55. The molecule has 3 aliphatic rings. The minimum Gasteiger partial charge on any atom is -0.493 e. The smallest absolute Gasteiger partial charge is 0.223 e. The summed E-state index contributed by atoms with van der Waals surface area (Å²) in [6.07, 6.45) is 5.54. The lowest BCUT2D eigenvalue weighted by molar-refractivity contribution is -0.123. The molecule has 2 fully saturated rings. The summed E-state index contributed by atoms with van der Waals surface area (Å²) in [6.45, 7) is 3.55. The molecule has 2 aliphatic heterocycles. The van der Waals surface area contributed by atoms with Gasteiger partial charge < -0.3 is 15.4 Å². The van der Waals surface area contributed by atoms with Crippen LogP contribution in [0, 0.1) is 11.3 Å². The number of aryl methyl sites for hydroxylation is 1. The Labute approximate surface area is 166 Å². The van der Waals surface area contributed by atoms with E-state index in [0.29, 0.717) is 12.0 Å². The molecule has 0 radical (unpaired) electrons. The summed E-state index contributed by atoms with van der Waals surface area (Å²) >= 11 is 0. The van der Waals surface area contributed by atoms with E-state index >= 15 is 0 Å². The standard InChI is InChI=1S/C24H28N2O2/c27-23(21-15-24(21)9-11-25-12-10-24)26-16-17-3-5-18(6-4-17)19-7-8-22-20(14-19)2-1-13-28-22/h3-8,14,21,25H,1-2,9-13,15-16H2,(H,26,27). The van der Waals surface area contributed by atoms with Gasteiger partial charge in [-0.05, 0) is 85.0 Å². The number of rotatable bonds is 4. The molecule has 1 saturated carbocycles. The topological polar surface area (TPSA) is 50.4 Å². The Hall–Kier alpha value is -2.33. The second kappa shape index (κ2) is 7.25. The minimum absolute atomic E-state index is 0.228. The van der Waals surface area contributed by atoms with Gasteiger partial charge in [0.25, 0.3) is 0 Å². The van der Waals surface area contributed by atoms with Crippen LogP contribution >= 0.6 is 0 Å². The van der Waals surface area contributed by atoms with Gasteiger partial charge in [-0.3, -0.25) is 4.79 Å². The molecule has 1 spiro atoms. The van der Waals surface area contributed by atoms with Crippen LogP contribution in [0.3, 0.4) is 0 Å². The third-order valence-electron chi connectivity index (χ3n) is 6.77. The summed E-state index contributed by atoms with van der Waals surface area (Å²) in [6, 6.07) is 15.0. The highest BCUT2D eigenvalue weighted by atomic mass is 16.5. The molecule has 2 aromatic rings. The van der Waals surface area contributed by atoms with Crippen molar-refractivity contribution in [2.24, 2.45) is 11.3 Å². The summed E-state index contributed by atoms with van der Waals surface area (Å²) in [5.41, 5.74) is 5.19. The maximum absolute atomic E-state index is 12.5. The second-order valence-corrected chi connectivity index (χ2v) is 8.56. The number of piperidine rings is 1. The molecule has 2 N–H and O–H groups in total. The van der Waals surface area contributed by atoms with Gasteiger partial charge in [-0.15, -0.1) is 0 Å². The largest absolute Gasteiger partial charge is 0.493 e. The molecule has 5 rings (SSSR count). The van der Waals surface area contributed by atoms with E-state index in [0.717, 1.165) is 63.1 Å². The Bertz CT molecular complexity index is 869. The fraction of sp³-hybridized carbons (Fsp3) is 0.458. The summed E-state index contributed by atoms with van der Waals surface area (Å²) in [7, 11) is 0. The third kappa shape index (κ3) is 3.42. The zero-order valence-corrected chi connectivity index (χ0v) is 16.3. The molecular formula is C24H28N2O2. The monoisotopic (exact) mass is 376 g/mol. The number of amides is 1. The van der Waals surface area contributed by atoms with Crippen LogP contribution in [0.2, 0.25) is 0 Å². The molecule has 0 aromatic heterocycles. The Morgan fingerprint density at radius 3 is 2.71 bits per heavy atom. The molecule has 1 amide bonds. The SMILES string of the molecule is O=C(NCc1ccc(-c2ccc3c(c2)CCCO3)cc1)C1CC12CCNCC2. The van der Waals surface area contributed by atoms with Gasteiger partial charge in [-0.1, -0.05) is 30.3 Å². The van der Waals surface area contributed by atoms with Crippen molar-refractivity contribution in [2.45, 2.75) is 38.6 Å². The first kappa shape index (κ1) is 17.7. The lowest BCUT2D eigenvalue weighted by Crippen LogP contribution is -2.33. The van der Waals surface area contributed by atoms with E-state index in [1.807, 2.05) is 0 Å². The van der Waals surface area contributed by atoms with Gasteiger partial charge in [0.2, 0.25) is 5.91 Å². The molecule has 1 unspecified atom stereocenters. The highest BCUT2D eigenvalue weighted by molar-refractivity contribution is 5.82. The molecule has 1 saturated heterocycles. The van der Waals surface area contributed by atoms with Crippen molar-refractivity contribution in [1.82, 2.24) is 10.6 Å². The number of fused-ring (bicyclic) bond motifs is 1. The third-order valence-corrected chi connectivity index (χ3v) is 6.77. The van der Waals surface area contributed by atoms with E-state index in [-0.39, 0.29) is 11.8 Å². The lowest BCUT2D eigenvalue weighted by Gasteiger charge is -2.23. The lowest BCUT2D eigenvalue weighted by atomic mass is 9.92. The van der Waals surface area contributed by atoms with Gasteiger partial charge in [0.1, 0.15) is 5.75 Å². The summed E-state index contributed by atoms with van der Waals surface area (Å²) < 4.78 is 5.71. The van der Waals surface area contributed by atoms with E-state index in [2.05, 4.69) is 53.1 Å². The first-order valence-corrected chi connectivity index (χ1v) is 10.6. The highest BCUT2D eigenvalue weighted by Gasteiger charge is 2.57.